The molecule has 134 valence electrons. The lowest BCUT2D eigenvalue weighted by atomic mass is 10.2. The number of quaternary nitrogens is 1. The Morgan fingerprint density at radius 1 is 1.12 bits per heavy atom. The smallest absolute Gasteiger partial charge is 0.262 e. The molecule has 4 rings (SSSR count). The average molecular weight is 362 g/mol. The van der Waals surface area contributed by atoms with Gasteiger partial charge in [0, 0.05) is 19.0 Å². The van der Waals surface area contributed by atoms with Crippen LogP contribution in [0.3, 0.4) is 0 Å². The van der Waals surface area contributed by atoms with E-state index in [4.69, 9.17) is 21.7 Å². The fraction of sp³-hybridized carbons (Fsp3) is 0.556. The van der Waals surface area contributed by atoms with Gasteiger partial charge < -0.3 is 19.4 Å². The number of rotatable bonds is 4. The molecule has 0 atom stereocenters. The molecule has 1 aromatic heterocycles. The van der Waals surface area contributed by atoms with Crippen LogP contribution in [0.15, 0.2) is 16.9 Å². The van der Waals surface area contributed by atoms with Crippen LogP contribution in [0, 0.1) is 4.77 Å². The second kappa shape index (κ2) is 7.17. The van der Waals surface area contributed by atoms with Crippen LogP contribution in [-0.4, -0.2) is 36.0 Å². The van der Waals surface area contributed by atoms with E-state index < -0.39 is 0 Å². The molecule has 1 fully saturated rings. The molecule has 2 aliphatic rings. The molecular formula is C18H24N3O3S+. The first-order valence-corrected chi connectivity index (χ1v) is 9.53. The van der Waals surface area contributed by atoms with Crippen LogP contribution in [0.25, 0.3) is 10.9 Å². The predicted molar refractivity (Wildman–Crippen MR) is 98.2 cm³/mol. The molecule has 0 bridgehead atoms. The Kier molecular flexibility index (Phi) is 4.76. The van der Waals surface area contributed by atoms with Gasteiger partial charge in [0.25, 0.3) is 5.56 Å². The van der Waals surface area contributed by atoms with Crippen LogP contribution in [0.1, 0.15) is 32.1 Å². The van der Waals surface area contributed by atoms with Crippen molar-refractivity contribution in [3.8, 4) is 11.5 Å². The summed E-state index contributed by atoms with van der Waals surface area (Å²) in [6.45, 7) is 4.45. The van der Waals surface area contributed by atoms with E-state index in [9.17, 15) is 4.79 Å². The molecule has 0 unspecified atom stereocenters. The molecule has 1 saturated heterocycles. The fourth-order valence-corrected chi connectivity index (χ4v) is 4.10. The number of likely N-dealkylation sites (tertiary alicyclic amines) is 1. The highest BCUT2D eigenvalue weighted by molar-refractivity contribution is 7.71. The van der Waals surface area contributed by atoms with Crippen LogP contribution < -0.4 is 19.9 Å². The van der Waals surface area contributed by atoms with Crippen molar-refractivity contribution in [1.29, 1.82) is 0 Å². The first-order chi connectivity index (χ1) is 12.2. The third-order valence-corrected chi connectivity index (χ3v) is 5.52. The number of aromatic amines is 1. The van der Waals surface area contributed by atoms with Gasteiger partial charge in [0.05, 0.1) is 30.5 Å². The highest BCUT2D eigenvalue weighted by Gasteiger charge is 2.17. The SMILES string of the molecule is O=c1c2cc3c(cc2[nH]c(=S)n1CCC[NH+]1CCCCCC1)OCO3. The quantitative estimate of drug-likeness (QED) is 0.812. The molecular weight excluding hydrogens is 338 g/mol. The van der Waals surface area contributed by atoms with E-state index in [0.29, 0.717) is 33.7 Å². The molecule has 2 aliphatic heterocycles. The van der Waals surface area contributed by atoms with Gasteiger partial charge in [0.2, 0.25) is 6.79 Å². The molecule has 3 heterocycles. The number of hydrogen-bond donors (Lipinski definition) is 2. The van der Waals surface area contributed by atoms with E-state index in [1.165, 1.54) is 38.8 Å². The molecule has 0 aliphatic carbocycles. The Hall–Kier alpha value is -1.86. The largest absolute Gasteiger partial charge is 0.454 e. The third-order valence-electron chi connectivity index (χ3n) is 5.20. The highest BCUT2D eigenvalue weighted by atomic mass is 32.1. The maximum Gasteiger partial charge on any atom is 0.262 e. The molecule has 0 radical (unpaired) electrons. The summed E-state index contributed by atoms with van der Waals surface area (Å²) in [6, 6.07) is 3.54. The van der Waals surface area contributed by atoms with E-state index in [-0.39, 0.29) is 12.4 Å². The first kappa shape index (κ1) is 16.6. The lowest BCUT2D eigenvalue weighted by Crippen LogP contribution is -3.11. The molecule has 25 heavy (non-hydrogen) atoms. The van der Waals surface area contributed by atoms with Crippen molar-refractivity contribution in [2.24, 2.45) is 0 Å². The van der Waals surface area contributed by atoms with Gasteiger partial charge in [-0.15, -0.1) is 0 Å². The van der Waals surface area contributed by atoms with Crippen molar-refractivity contribution in [3.05, 3.63) is 27.3 Å². The number of benzene rings is 1. The number of nitrogens with one attached hydrogen (secondary N) is 2. The Morgan fingerprint density at radius 3 is 2.60 bits per heavy atom. The van der Waals surface area contributed by atoms with Gasteiger partial charge in [0.15, 0.2) is 16.3 Å². The minimum absolute atomic E-state index is 0.0529. The molecule has 7 heteroatoms. The first-order valence-electron chi connectivity index (χ1n) is 9.12. The number of aromatic nitrogens is 2. The van der Waals surface area contributed by atoms with Gasteiger partial charge in [0.1, 0.15) is 0 Å². The maximum atomic E-state index is 12.9. The molecule has 2 aromatic rings. The van der Waals surface area contributed by atoms with Gasteiger partial charge in [-0.25, -0.2) is 0 Å². The number of fused-ring (bicyclic) bond motifs is 2. The lowest BCUT2D eigenvalue weighted by Gasteiger charge is -2.17. The van der Waals surface area contributed by atoms with Crippen molar-refractivity contribution >= 4 is 23.1 Å². The van der Waals surface area contributed by atoms with E-state index in [2.05, 4.69) is 4.98 Å². The maximum absolute atomic E-state index is 12.9. The summed E-state index contributed by atoms with van der Waals surface area (Å²) in [6.07, 6.45) is 6.31. The minimum atomic E-state index is -0.0529. The fourth-order valence-electron chi connectivity index (χ4n) is 3.81. The van der Waals surface area contributed by atoms with Crippen molar-refractivity contribution in [1.82, 2.24) is 9.55 Å². The molecule has 0 spiro atoms. The van der Waals surface area contributed by atoms with E-state index >= 15 is 0 Å². The summed E-state index contributed by atoms with van der Waals surface area (Å²) in [7, 11) is 0. The zero-order valence-electron chi connectivity index (χ0n) is 14.3. The Labute approximate surface area is 151 Å². The molecule has 1 aromatic carbocycles. The molecule has 0 amide bonds. The second-order valence-electron chi connectivity index (χ2n) is 6.91. The van der Waals surface area contributed by atoms with E-state index in [0.717, 1.165) is 13.0 Å². The number of hydrogen-bond acceptors (Lipinski definition) is 4. The zero-order chi connectivity index (χ0) is 17.2. The summed E-state index contributed by atoms with van der Waals surface area (Å²) in [5, 5.41) is 0.597. The van der Waals surface area contributed by atoms with E-state index in [1.807, 2.05) is 0 Å². The van der Waals surface area contributed by atoms with Crippen LogP contribution in [0.2, 0.25) is 0 Å². The summed E-state index contributed by atoms with van der Waals surface area (Å²) >= 11 is 5.41. The second-order valence-corrected chi connectivity index (χ2v) is 7.29. The van der Waals surface area contributed by atoms with Crippen molar-refractivity contribution < 1.29 is 14.4 Å². The third kappa shape index (κ3) is 3.43. The van der Waals surface area contributed by atoms with Crippen LogP contribution in [-0.2, 0) is 6.54 Å². The number of ether oxygens (including phenoxy) is 2. The summed E-state index contributed by atoms with van der Waals surface area (Å²) in [5.41, 5.74) is 0.650. The Morgan fingerprint density at radius 2 is 1.84 bits per heavy atom. The van der Waals surface area contributed by atoms with Crippen LogP contribution >= 0.6 is 12.2 Å². The number of H-pyrrole nitrogens is 1. The van der Waals surface area contributed by atoms with Gasteiger partial charge in [-0.1, -0.05) is 0 Å². The monoisotopic (exact) mass is 362 g/mol. The normalized spacial score (nSPS) is 17.8. The predicted octanol–water partition coefficient (Wildman–Crippen LogP) is 1.64. The summed E-state index contributed by atoms with van der Waals surface area (Å²) in [4.78, 5) is 17.7. The Bertz CT molecular complexity index is 881. The zero-order valence-corrected chi connectivity index (χ0v) is 15.1. The number of nitrogens with zero attached hydrogens (tertiary/aromatic N) is 1. The van der Waals surface area contributed by atoms with Crippen LogP contribution in [0.5, 0.6) is 11.5 Å². The summed E-state index contributed by atoms with van der Waals surface area (Å²) < 4.78 is 12.9. The Balaban J connectivity index is 1.54. The van der Waals surface area contributed by atoms with E-state index in [1.54, 1.807) is 21.6 Å². The van der Waals surface area contributed by atoms with Crippen molar-refractivity contribution in [2.75, 3.05) is 26.4 Å². The minimum Gasteiger partial charge on any atom is -0.454 e. The standard InChI is InChI=1S/C18H23N3O3S/c22-17-13-10-15-16(24-12-23-15)11-14(13)19-18(25)21(17)9-5-8-20-6-3-1-2-4-7-20/h10-11H,1-9,12H2,(H,19,25)/p+1. The summed E-state index contributed by atoms with van der Waals surface area (Å²) in [5.74, 6) is 1.27. The lowest BCUT2D eigenvalue weighted by molar-refractivity contribution is -0.899. The van der Waals surface area contributed by atoms with Gasteiger partial charge >= 0.3 is 0 Å². The topological polar surface area (TPSA) is 60.7 Å². The van der Waals surface area contributed by atoms with Gasteiger partial charge in [-0.05, 0) is 44.0 Å². The average Bonchev–Trinajstić information content (AvgIpc) is 2.89. The molecule has 6 nitrogen and oxygen atoms in total. The van der Waals surface area contributed by atoms with Crippen LogP contribution in [0.4, 0.5) is 0 Å². The van der Waals surface area contributed by atoms with Crippen molar-refractivity contribution in [3.63, 3.8) is 0 Å². The van der Waals surface area contributed by atoms with Gasteiger partial charge in [-0.3, -0.25) is 9.36 Å². The molecule has 2 N–H and O–H groups in total. The van der Waals surface area contributed by atoms with Crippen molar-refractivity contribution in [2.45, 2.75) is 38.6 Å². The molecule has 0 saturated carbocycles. The highest BCUT2D eigenvalue weighted by Crippen LogP contribution is 2.34. The van der Waals surface area contributed by atoms with Gasteiger partial charge in [-0.2, -0.15) is 0 Å².